The Kier molecular flexibility index (Phi) is 5.68. The number of nitrogens with one attached hydrogen (secondary N) is 1. The molecule has 0 aromatic carbocycles. The van der Waals surface area contributed by atoms with E-state index in [1.165, 1.54) is 5.57 Å². The summed E-state index contributed by atoms with van der Waals surface area (Å²) >= 11 is 0. The van der Waals surface area contributed by atoms with Crippen molar-refractivity contribution in [1.29, 1.82) is 0 Å². The molecule has 0 aliphatic heterocycles. The number of allylic oxidation sites excluding steroid dienone is 1. The Morgan fingerprint density at radius 1 is 1.70 bits per heavy atom. The summed E-state index contributed by atoms with van der Waals surface area (Å²) < 4.78 is 0. The molecular weight excluding hydrogens is 124 g/mol. The lowest BCUT2D eigenvalue weighted by Crippen LogP contribution is -2.08. The van der Waals surface area contributed by atoms with Crippen molar-refractivity contribution in [2.24, 2.45) is 4.99 Å². The highest BCUT2D eigenvalue weighted by Crippen LogP contribution is 1.93. The van der Waals surface area contributed by atoms with E-state index in [2.05, 4.69) is 17.0 Å². The van der Waals surface area contributed by atoms with Crippen LogP contribution in [0.15, 0.2) is 28.9 Å². The minimum absolute atomic E-state index is 0.878. The Balaban J connectivity index is 3.84. The number of aliphatic imine (C=N–C) groups is 1. The van der Waals surface area contributed by atoms with Crippen LogP contribution in [0.5, 0.6) is 0 Å². The third-order valence-corrected chi connectivity index (χ3v) is 1.15. The van der Waals surface area contributed by atoms with Gasteiger partial charge in [-0.1, -0.05) is 6.08 Å². The standard InChI is InChI=1S/C8H14N2/c1-4-8(7-10-3)5-6-9-2/h4-6,10H,2,7H2,1,3H3/b6-5-,8-4+. The summed E-state index contributed by atoms with van der Waals surface area (Å²) in [4.78, 5) is 3.61. The second kappa shape index (κ2) is 6.23. The molecule has 0 spiro atoms. The Morgan fingerprint density at radius 3 is 2.80 bits per heavy atom. The summed E-state index contributed by atoms with van der Waals surface area (Å²) in [7, 11) is 1.92. The highest BCUT2D eigenvalue weighted by Gasteiger charge is 1.84. The lowest BCUT2D eigenvalue weighted by molar-refractivity contribution is 0.893. The molecule has 0 fully saturated rings. The SMILES string of the molecule is C=N/C=C\C(=C/C)CNC. The molecule has 1 N–H and O–H groups in total. The number of nitrogens with zero attached hydrogens (tertiary/aromatic N) is 1. The zero-order chi connectivity index (χ0) is 7.82. The molecule has 0 aliphatic carbocycles. The average molecular weight is 138 g/mol. The quantitative estimate of drug-likeness (QED) is 0.460. The summed E-state index contributed by atoms with van der Waals surface area (Å²) in [5, 5.41) is 3.05. The van der Waals surface area contributed by atoms with E-state index in [9.17, 15) is 0 Å². The van der Waals surface area contributed by atoms with E-state index in [0.29, 0.717) is 0 Å². The Hall–Kier alpha value is -0.890. The van der Waals surface area contributed by atoms with Crippen molar-refractivity contribution in [3.63, 3.8) is 0 Å². The van der Waals surface area contributed by atoms with E-state index in [-0.39, 0.29) is 0 Å². The van der Waals surface area contributed by atoms with Crippen LogP contribution in [0.3, 0.4) is 0 Å². The summed E-state index contributed by atoms with van der Waals surface area (Å²) in [5.41, 5.74) is 1.22. The molecule has 0 aromatic heterocycles. The number of hydrogen-bond donors (Lipinski definition) is 1. The van der Waals surface area contributed by atoms with Gasteiger partial charge >= 0.3 is 0 Å². The molecule has 0 aliphatic rings. The molecule has 0 saturated heterocycles. The first-order valence-corrected chi connectivity index (χ1v) is 3.27. The molecule has 0 saturated carbocycles. The van der Waals surface area contributed by atoms with Crippen molar-refractivity contribution in [1.82, 2.24) is 5.32 Å². The maximum atomic E-state index is 3.61. The molecule has 0 aromatic rings. The third kappa shape index (κ3) is 4.04. The van der Waals surface area contributed by atoms with Crippen molar-refractivity contribution in [3.8, 4) is 0 Å². The molecule has 2 nitrogen and oxygen atoms in total. The smallest absolute Gasteiger partial charge is 0.0263 e. The van der Waals surface area contributed by atoms with Crippen LogP contribution in [-0.2, 0) is 0 Å². The first-order valence-electron chi connectivity index (χ1n) is 3.27. The topological polar surface area (TPSA) is 24.4 Å². The van der Waals surface area contributed by atoms with E-state index in [1.807, 2.05) is 26.1 Å². The van der Waals surface area contributed by atoms with Crippen LogP contribution in [0.1, 0.15) is 6.92 Å². The highest BCUT2D eigenvalue weighted by atomic mass is 14.8. The predicted molar refractivity (Wildman–Crippen MR) is 46.4 cm³/mol. The molecule has 2 heteroatoms. The van der Waals surface area contributed by atoms with Crippen LogP contribution in [0.2, 0.25) is 0 Å². The van der Waals surface area contributed by atoms with Gasteiger partial charge in [-0.05, 0) is 32.3 Å². The van der Waals surface area contributed by atoms with Crippen LogP contribution in [-0.4, -0.2) is 20.3 Å². The third-order valence-electron chi connectivity index (χ3n) is 1.15. The zero-order valence-corrected chi connectivity index (χ0v) is 6.59. The van der Waals surface area contributed by atoms with Crippen LogP contribution in [0, 0.1) is 0 Å². The highest BCUT2D eigenvalue weighted by molar-refractivity contribution is 5.28. The average Bonchev–Trinajstić information content (AvgIpc) is 1.98. The molecule has 0 bridgehead atoms. The fraction of sp³-hybridized carbons (Fsp3) is 0.375. The molecule has 0 amide bonds. The van der Waals surface area contributed by atoms with Gasteiger partial charge < -0.3 is 5.32 Å². The van der Waals surface area contributed by atoms with E-state index in [1.54, 1.807) is 6.20 Å². The maximum absolute atomic E-state index is 3.61. The van der Waals surface area contributed by atoms with E-state index >= 15 is 0 Å². The molecule has 0 radical (unpaired) electrons. The molecule has 0 rings (SSSR count). The molecule has 10 heavy (non-hydrogen) atoms. The molecule has 0 unspecified atom stereocenters. The van der Waals surface area contributed by atoms with Gasteiger partial charge in [0, 0.05) is 12.7 Å². The first kappa shape index (κ1) is 9.11. The van der Waals surface area contributed by atoms with Crippen molar-refractivity contribution >= 4 is 6.72 Å². The lowest BCUT2D eigenvalue weighted by Gasteiger charge is -1.96. The van der Waals surface area contributed by atoms with Crippen LogP contribution >= 0.6 is 0 Å². The van der Waals surface area contributed by atoms with E-state index in [4.69, 9.17) is 0 Å². The molecule has 56 valence electrons. The van der Waals surface area contributed by atoms with Gasteiger partial charge in [0.25, 0.3) is 0 Å². The van der Waals surface area contributed by atoms with E-state index in [0.717, 1.165) is 6.54 Å². The number of likely N-dealkylation sites (N-methyl/N-ethyl adjacent to an activating group) is 1. The largest absolute Gasteiger partial charge is 0.316 e. The number of rotatable bonds is 4. The summed E-state index contributed by atoms with van der Waals surface area (Å²) in [6, 6.07) is 0. The van der Waals surface area contributed by atoms with Gasteiger partial charge in [0.1, 0.15) is 0 Å². The van der Waals surface area contributed by atoms with Gasteiger partial charge in [0.05, 0.1) is 0 Å². The first-order chi connectivity index (χ1) is 4.85. The molecular formula is C8H14N2. The normalized spacial score (nSPS) is 12.4. The number of hydrogen-bond acceptors (Lipinski definition) is 2. The fourth-order valence-electron chi connectivity index (χ4n) is 0.610. The minimum atomic E-state index is 0.878. The second-order valence-corrected chi connectivity index (χ2v) is 1.89. The summed E-state index contributed by atoms with van der Waals surface area (Å²) in [6.45, 7) is 6.22. The van der Waals surface area contributed by atoms with Crippen molar-refractivity contribution in [3.05, 3.63) is 23.9 Å². The van der Waals surface area contributed by atoms with Gasteiger partial charge in [0.2, 0.25) is 0 Å². The van der Waals surface area contributed by atoms with Crippen LogP contribution in [0.4, 0.5) is 0 Å². The minimum Gasteiger partial charge on any atom is -0.316 e. The zero-order valence-electron chi connectivity index (χ0n) is 6.59. The predicted octanol–water partition coefficient (Wildman–Crippen LogP) is 1.37. The summed E-state index contributed by atoms with van der Waals surface area (Å²) in [5.74, 6) is 0. The maximum Gasteiger partial charge on any atom is 0.0263 e. The van der Waals surface area contributed by atoms with Gasteiger partial charge in [-0.3, -0.25) is 4.99 Å². The van der Waals surface area contributed by atoms with Gasteiger partial charge in [0.15, 0.2) is 0 Å². The Labute approximate surface area is 62.4 Å². The van der Waals surface area contributed by atoms with Crippen LogP contribution < -0.4 is 5.32 Å². The van der Waals surface area contributed by atoms with Crippen molar-refractivity contribution < 1.29 is 0 Å². The van der Waals surface area contributed by atoms with Gasteiger partial charge in [-0.25, -0.2) is 0 Å². The van der Waals surface area contributed by atoms with E-state index < -0.39 is 0 Å². The van der Waals surface area contributed by atoms with Crippen molar-refractivity contribution in [2.75, 3.05) is 13.6 Å². The van der Waals surface area contributed by atoms with Gasteiger partial charge in [-0.2, -0.15) is 0 Å². The summed E-state index contributed by atoms with van der Waals surface area (Å²) in [6.07, 6.45) is 5.66. The van der Waals surface area contributed by atoms with Crippen molar-refractivity contribution in [2.45, 2.75) is 6.92 Å². The molecule has 0 atom stereocenters. The van der Waals surface area contributed by atoms with Gasteiger partial charge in [-0.15, -0.1) is 0 Å². The van der Waals surface area contributed by atoms with Crippen LogP contribution in [0.25, 0.3) is 0 Å². The monoisotopic (exact) mass is 138 g/mol. The molecule has 0 heterocycles. The Bertz CT molecular complexity index is 145. The second-order valence-electron chi connectivity index (χ2n) is 1.89. The fourth-order valence-corrected chi connectivity index (χ4v) is 0.610. The lowest BCUT2D eigenvalue weighted by atomic mass is 10.2. The Morgan fingerprint density at radius 2 is 2.40 bits per heavy atom.